The number of urea groups is 1. The first kappa shape index (κ1) is 19.1. The van der Waals surface area contributed by atoms with Gasteiger partial charge in [-0.05, 0) is 86.6 Å². The van der Waals surface area contributed by atoms with Crippen molar-refractivity contribution < 1.29 is 19.5 Å². The van der Waals surface area contributed by atoms with Crippen LogP contribution in [-0.2, 0) is 9.59 Å². The molecule has 0 atom stereocenters. The van der Waals surface area contributed by atoms with Gasteiger partial charge in [0.05, 0.1) is 13.7 Å². The summed E-state index contributed by atoms with van der Waals surface area (Å²) in [6.45, 7) is 0. The molecule has 9 heteroatoms. The van der Waals surface area contributed by atoms with Gasteiger partial charge in [-0.3, -0.25) is 14.9 Å². The topological polar surface area (TPSA) is 86.7 Å². The van der Waals surface area contributed by atoms with Crippen molar-refractivity contribution in [1.82, 2.24) is 5.32 Å². The molecule has 0 radical (unpaired) electrons. The van der Waals surface area contributed by atoms with E-state index >= 15 is 0 Å². The van der Waals surface area contributed by atoms with Crippen molar-refractivity contribution in [2.75, 3.05) is 4.90 Å². The number of nitrogens with one attached hydrogen (secondary N) is 1. The van der Waals surface area contributed by atoms with E-state index in [1.54, 1.807) is 36.4 Å². The van der Waals surface area contributed by atoms with Crippen LogP contribution in [0.1, 0.15) is 5.56 Å². The monoisotopic (exact) mass is 590 g/mol. The van der Waals surface area contributed by atoms with Gasteiger partial charge in [-0.2, -0.15) is 0 Å². The summed E-state index contributed by atoms with van der Waals surface area (Å²) in [4.78, 5) is 38.0. The van der Waals surface area contributed by atoms with E-state index in [-0.39, 0.29) is 11.3 Å². The predicted octanol–water partition coefficient (Wildman–Crippen LogP) is 4.19. The molecule has 1 heterocycles. The molecule has 132 valence electrons. The molecule has 2 aromatic rings. The van der Waals surface area contributed by atoms with Gasteiger partial charge >= 0.3 is 6.03 Å². The summed E-state index contributed by atoms with van der Waals surface area (Å²) in [5.41, 5.74) is 0.694. The Morgan fingerprint density at radius 1 is 1.08 bits per heavy atom. The molecule has 0 spiro atoms. The molecule has 2 aromatic carbocycles. The van der Waals surface area contributed by atoms with Crippen molar-refractivity contribution >= 4 is 84.1 Å². The molecule has 0 aromatic heterocycles. The molecule has 0 bridgehead atoms. The van der Waals surface area contributed by atoms with E-state index in [9.17, 15) is 19.5 Å². The van der Waals surface area contributed by atoms with Crippen LogP contribution in [0.4, 0.5) is 10.5 Å². The van der Waals surface area contributed by atoms with Crippen LogP contribution in [0.2, 0.25) is 0 Å². The number of hydrogen-bond donors (Lipinski definition) is 2. The standard InChI is InChI=1S/C17H9Br2IN2O4/c18-9-1-3-10(4-2-9)22-16(25)11(15(24)21-17(22)26)5-8-6-12(19)14(23)13(20)7-8/h1-7,23H,(H,21,24,26)/b11-5+. The number of rotatable bonds is 2. The second kappa shape index (κ2) is 7.49. The molecule has 1 aliphatic rings. The normalized spacial score (nSPS) is 16.2. The van der Waals surface area contributed by atoms with Crippen molar-refractivity contribution in [2.45, 2.75) is 0 Å². The number of halogens is 3. The van der Waals surface area contributed by atoms with Crippen LogP contribution in [0.25, 0.3) is 6.08 Å². The third-order valence-corrected chi connectivity index (χ3v) is 5.49. The van der Waals surface area contributed by atoms with Gasteiger partial charge in [0.25, 0.3) is 11.8 Å². The first-order chi connectivity index (χ1) is 12.3. The average Bonchev–Trinajstić information content (AvgIpc) is 2.58. The van der Waals surface area contributed by atoms with Crippen molar-refractivity contribution in [2.24, 2.45) is 0 Å². The number of benzene rings is 2. The van der Waals surface area contributed by atoms with E-state index in [1.807, 2.05) is 22.6 Å². The minimum absolute atomic E-state index is 0.0684. The lowest BCUT2D eigenvalue weighted by Crippen LogP contribution is -2.54. The number of imide groups is 2. The van der Waals surface area contributed by atoms with Gasteiger partial charge in [0.1, 0.15) is 11.3 Å². The Morgan fingerprint density at radius 3 is 2.35 bits per heavy atom. The zero-order valence-corrected chi connectivity index (χ0v) is 18.1. The number of carbonyl (C=O) groups excluding carboxylic acids is 3. The van der Waals surface area contributed by atoms with Gasteiger partial charge in [-0.15, -0.1) is 0 Å². The third-order valence-electron chi connectivity index (χ3n) is 3.54. The summed E-state index contributed by atoms with van der Waals surface area (Å²) >= 11 is 8.44. The van der Waals surface area contributed by atoms with E-state index in [0.717, 1.165) is 9.37 Å². The quantitative estimate of drug-likeness (QED) is 0.312. The summed E-state index contributed by atoms with van der Waals surface area (Å²) in [5, 5.41) is 12.0. The summed E-state index contributed by atoms with van der Waals surface area (Å²) in [5.74, 6) is -1.42. The molecular weight excluding hydrogens is 583 g/mol. The number of nitrogens with zero attached hydrogens (tertiary/aromatic N) is 1. The van der Waals surface area contributed by atoms with Gasteiger partial charge in [-0.1, -0.05) is 15.9 Å². The zero-order valence-electron chi connectivity index (χ0n) is 12.8. The molecule has 1 fully saturated rings. The predicted molar refractivity (Wildman–Crippen MR) is 112 cm³/mol. The van der Waals surface area contributed by atoms with Crippen molar-refractivity contribution in [3.63, 3.8) is 0 Å². The first-order valence-corrected chi connectivity index (χ1v) is 9.79. The van der Waals surface area contributed by atoms with Crippen LogP contribution >= 0.6 is 54.5 Å². The fourth-order valence-corrected chi connectivity index (χ4v) is 4.08. The van der Waals surface area contributed by atoms with E-state index in [4.69, 9.17) is 0 Å². The summed E-state index contributed by atoms with van der Waals surface area (Å²) < 4.78 is 1.77. The van der Waals surface area contributed by atoms with Gasteiger partial charge in [0.15, 0.2) is 0 Å². The smallest absolute Gasteiger partial charge is 0.335 e. The Hall–Kier alpha value is -1.72. The Bertz CT molecular complexity index is 950. The number of anilines is 1. The molecule has 3 rings (SSSR count). The Labute approximate surface area is 178 Å². The van der Waals surface area contributed by atoms with Crippen molar-refractivity contribution in [3.8, 4) is 5.75 Å². The summed E-state index contributed by atoms with van der Waals surface area (Å²) in [6, 6.07) is 8.95. The van der Waals surface area contributed by atoms with Gasteiger partial charge in [0.2, 0.25) is 0 Å². The lowest BCUT2D eigenvalue weighted by atomic mass is 10.1. The second-order valence-electron chi connectivity index (χ2n) is 5.27. The van der Waals surface area contributed by atoms with E-state index in [0.29, 0.717) is 19.3 Å². The molecule has 2 N–H and O–H groups in total. The highest BCUT2D eigenvalue weighted by Crippen LogP contribution is 2.32. The molecule has 1 saturated heterocycles. The maximum atomic E-state index is 12.8. The highest BCUT2D eigenvalue weighted by Gasteiger charge is 2.36. The molecule has 0 saturated carbocycles. The molecule has 0 aliphatic carbocycles. The Kier molecular flexibility index (Phi) is 5.49. The summed E-state index contributed by atoms with van der Waals surface area (Å²) in [7, 11) is 0. The van der Waals surface area contributed by atoms with Crippen molar-refractivity contribution in [1.29, 1.82) is 0 Å². The van der Waals surface area contributed by atoms with E-state index in [1.165, 1.54) is 6.08 Å². The molecular formula is C17H9Br2IN2O4. The minimum atomic E-state index is -0.805. The van der Waals surface area contributed by atoms with Crippen molar-refractivity contribution in [3.05, 3.63) is 60.1 Å². The first-order valence-electron chi connectivity index (χ1n) is 7.13. The number of phenols is 1. The Balaban J connectivity index is 2.04. The highest BCUT2D eigenvalue weighted by molar-refractivity contribution is 14.1. The molecule has 0 unspecified atom stereocenters. The fraction of sp³-hybridized carbons (Fsp3) is 0. The van der Waals surface area contributed by atoms with Crippen LogP contribution in [0.3, 0.4) is 0 Å². The van der Waals surface area contributed by atoms with Gasteiger partial charge < -0.3 is 5.11 Å². The minimum Gasteiger partial charge on any atom is -0.506 e. The maximum absolute atomic E-state index is 12.8. The second-order valence-corrected chi connectivity index (χ2v) is 8.20. The third kappa shape index (κ3) is 3.69. The number of aromatic hydroxyl groups is 1. The fourth-order valence-electron chi connectivity index (χ4n) is 2.32. The van der Waals surface area contributed by atoms with Crippen LogP contribution in [0.5, 0.6) is 5.75 Å². The van der Waals surface area contributed by atoms with Crippen LogP contribution in [0.15, 0.2) is 50.9 Å². The maximum Gasteiger partial charge on any atom is 0.335 e. The number of hydrogen-bond acceptors (Lipinski definition) is 4. The highest BCUT2D eigenvalue weighted by atomic mass is 127. The largest absolute Gasteiger partial charge is 0.506 e. The molecule has 4 amide bonds. The van der Waals surface area contributed by atoms with E-state index < -0.39 is 17.8 Å². The van der Waals surface area contributed by atoms with Crippen LogP contribution in [-0.4, -0.2) is 23.0 Å². The Morgan fingerprint density at radius 2 is 1.73 bits per heavy atom. The van der Waals surface area contributed by atoms with Crippen LogP contribution < -0.4 is 10.2 Å². The molecule has 1 aliphatic heterocycles. The molecule has 6 nitrogen and oxygen atoms in total. The van der Waals surface area contributed by atoms with Gasteiger partial charge in [-0.25, -0.2) is 9.69 Å². The zero-order chi connectivity index (χ0) is 19.0. The SMILES string of the molecule is O=C1NC(=O)N(c2ccc(Br)cc2)C(=O)/C1=C/c1cc(Br)c(O)c(I)c1. The van der Waals surface area contributed by atoms with Crippen LogP contribution in [0, 0.1) is 3.57 Å². The van der Waals surface area contributed by atoms with E-state index in [2.05, 4.69) is 37.2 Å². The lowest BCUT2D eigenvalue weighted by molar-refractivity contribution is -0.122. The number of barbiturate groups is 1. The number of carbonyl (C=O) groups is 3. The summed E-state index contributed by atoms with van der Waals surface area (Å²) in [6.07, 6.45) is 1.38. The van der Waals surface area contributed by atoms with Gasteiger partial charge in [0, 0.05) is 4.47 Å². The molecule has 26 heavy (non-hydrogen) atoms. The average molecular weight is 592 g/mol. The lowest BCUT2D eigenvalue weighted by Gasteiger charge is -2.26. The number of phenolic OH excluding ortho intramolecular Hbond substituents is 1. The number of amides is 4.